The number of carbonyl (C=O) groups excluding carboxylic acids is 2. The van der Waals surface area contributed by atoms with Crippen LogP contribution in [0.4, 0.5) is 0 Å². The lowest BCUT2D eigenvalue weighted by molar-refractivity contribution is -0.133. The van der Waals surface area contributed by atoms with Crippen molar-refractivity contribution < 1.29 is 19.1 Å². The Hall–Kier alpha value is -2.10. The van der Waals surface area contributed by atoms with Crippen molar-refractivity contribution in [1.82, 2.24) is 0 Å². The summed E-state index contributed by atoms with van der Waals surface area (Å²) >= 11 is 0. The number of hydrogen-bond donors (Lipinski definition) is 0. The zero-order valence-electron chi connectivity index (χ0n) is 25.5. The lowest BCUT2D eigenvalue weighted by atomic mass is 9.91. The summed E-state index contributed by atoms with van der Waals surface area (Å²) in [5.41, 5.74) is 4.76. The average Bonchev–Trinajstić information content (AvgIpc) is 2.79. The number of ether oxygens (including phenoxy) is 2. The van der Waals surface area contributed by atoms with Crippen molar-refractivity contribution in [2.75, 3.05) is 0 Å². The van der Waals surface area contributed by atoms with Gasteiger partial charge in [-0.05, 0) is 81.4 Å². The lowest BCUT2D eigenvalue weighted by Crippen LogP contribution is -2.11. The summed E-state index contributed by atoms with van der Waals surface area (Å²) in [5, 5.41) is 0. The van der Waals surface area contributed by atoms with E-state index in [1.54, 1.807) is 0 Å². The number of carbonyl (C=O) groups is 2. The van der Waals surface area contributed by atoms with Crippen molar-refractivity contribution in [3.63, 3.8) is 0 Å². The number of allylic oxidation sites excluding steroid dienone is 2. The van der Waals surface area contributed by atoms with Gasteiger partial charge in [-0.3, -0.25) is 9.59 Å². The van der Waals surface area contributed by atoms with Crippen LogP contribution in [0.5, 0.6) is 11.5 Å². The zero-order valence-corrected chi connectivity index (χ0v) is 25.5. The Morgan fingerprint density at radius 1 is 0.676 bits per heavy atom. The highest BCUT2D eigenvalue weighted by Gasteiger charge is 2.21. The standard InChI is InChI=1S/C33H54O4/c1-22(2)14-11-15-23(3)16-12-17-24(4)18-13-19-25(5)20-21-31-28(8)32(36-29(9)34)26(6)27(7)33(31)37-30(10)35/h20,22-24H,11-19,21H2,1-10H3/b25-20+. The Labute approximate surface area is 227 Å². The average molecular weight is 515 g/mol. The first kappa shape index (κ1) is 32.9. The van der Waals surface area contributed by atoms with Gasteiger partial charge in [0.1, 0.15) is 11.5 Å². The van der Waals surface area contributed by atoms with E-state index < -0.39 is 0 Å². The van der Waals surface area contributed by atoms with Gasteiger partial charge in [0.25, 0.3) is 0 Å². The summed E-state index contributed by atoms with van der Waals surface area (Å²) in [5.74, 6) is 2.91. The molecule has 0 N–H and O–H groups in total. The molecule has 0 fully saturated rings. The van der Waals surface area contributed by atoms with Crippen LogP contribution in [0.1, 0.15) is 129 Å². The highest BCUT2D eigenvalue weighted by Crippen LogP contribution is 2.39. The van der Waals surface area contributed by atoms with Crippen LogP contribution in [-0.2, 0) is 16.0 Å². The molecule has 0 aliphatic heterocycles. The molecule has 0 bridgehead atoms. The third-order valence-corrected chi connectivity index (χ3v) is 7.60. The summed E-state index contributed by atoms with van der Waals surface area (Å²) in [4.78, 5) is 23.5. The Kier molecular flexibility index (Phi) is 14.8. The molecule has 2 atom stereocenters. The SMILES string of the molecule is CC(=O)Oc1c(C)c(C)c(OC(C)=O)c(C/C=C(\C)CCCC(C)CCCC(C)CCCC(C)C)c1C. The van der Waals surface area contributed by atoms with Crippen LogP contribution >= 0.6 is 0 Å². The monoisotopic (exact) mass is 514 g/mol. The predicted molar refractivity (Wildman–Crippen MR) is 155 cm³/mol. The molecule has 0 saturated heterocycles. The molecule has 0 heterocycles. The number of benzene rings is 1. The first-order chi connectivity index (χ1) is 17.3. The van der Waals surface area contributed by atoms with E-state index in [0.29, 0.717) is 17.9 Å². The van der Waals surface area contributed by atoms with Gasteiger partial charge < -0.3 is 9.47 Å². The summed E-state index contributed by atoms with van der Waals surface area (Å²) in [6.45, 7) is 20.2. The molecule has 1 aromatic rings. The summed E-state index contributed by atoms with van der Waals surface area (Å²) in [6.07, 6.45) is 14.5. The second-order valence-corrected chi connectivity index (χ2v) is 11.8. The fourth-order valence-corrected chi connectivity index (χ4v) is 5.07. The molecule has 0 aromatic heterocycles. The molecular weight excluding hydrogens is 460 g/mol. The van der Waals surface area contributed by atoms with Crippen molar-refractivity contribution in [2.45, 2.75) is 133 Å². The largest absolute Gasteiger partial charge is 0.426 e. The van der Waals surface area contributed by atoms with E-state index in [4.69, 9.17) is 9.47 Å². The van der Waals surface area contributed by atoms with Crippen LogP contribution in [0.15, 0.2) is 11.6 Å². The summed E-state index contributed by atoms with van der Waals surface area (Å²) in [6, 6.07) is 0. The highest BCUT2D eigenvalue weighted by atomic mass is 16.5. The lowest BCUT2D eigenvalue weighted by Gasteiger charge is -2.20. The molecule has 4 nitrogen and oxygen atoms in total. The van der Waals surface area contributed by atoms with E-state index in [2.05, 4.69) is 40.7 Å². The van der Waals surface area contributed by atoms with Gasteiger partial charge in [0, 0.05) is 19.4 Å². The molecule has 2 unspecified atom stereocenters. The van der Waals surface area contributed by atoms with E-state index in [0.717, 1.165) is 46.4 Å². The minimum absolute atomic E-state index is 0.344. The van der Waals surface area contributed by atoms with Gasteiger partial charge in [0.2, 0.25) is 0 Å². The van der Waals surface area contributed by atoms with Crippen LogP contribution in [0, 0.1) is 38.5 Å². The third-order valence-electron chi connectivity index (χ3n) is 7.60. The fraction of sp³-hybridized carbons (Fsp3) is 0.697. The smallest absolute Gasteiger partial charge is 0.308 e. The zero-order chi connectivity index (χ0) is 28.1. The van der Waals surface area contributed by atoms with Crippen LogP contribution in [0.3, 0.4) is 0 Å². The van der Waals surface area contributed by atoms with Crippen LogP contribution in [0.25, 0.3) is 0 Å². The topological polar surface area (TPSA) is 52.6 Å². The van der Waals surface area contributed by atoms with Crippen molar-refractivity contribution >= 4 is 11.9 Å². The van der Waals surface area contributed by atoms with Crippen LogP contribution < -0.4 is 9.47 Å². The van der Waals surface area contributed by atoms with E-state index in [1.807, 2.05) is 20.8 Å². The Morgan fingerprint density at radius 3 is 1.65 bits per heavy atom. The van der Waals surface area contributed by atoms with Gasteiger partial charge in [0.05, 0.1) is 0 Å². The Bertz CT molecular complexity index is 910. The van der Waals surface area contributed by atoms with Gasteiger partial charge in [-0.2, -0.15) is 0 Å². The quantitative estimate of drug-likeness (QED) is 0.125. The van der Waals surface area contributed by atoms with Gasteiger partial charge in [0.15, 0.2) is 0 Å². The molecule has 0 radical (unpaired) electrons. The van der Waals surface area contributed by atoms with Crippen LogP contribution in [-0.4, -0.2) is 11.9 Å². The molecular formula is C33H54O4. The maximum absolute atomic E-state index is 11.8. The van der Waals surface area contributed by atoms with E-state index in [-0.39, 0.29) is 11.9 Å². The fourth-order valence-electron chi connectivity index (χ4n) is 5.07. The molecule has 0 aliphatic rings. The number of rotatable bonds is 16. The van der Waals surface area contributed by atoms with Gasteiger partial charge in [-0.25, -0.2) is 0 Å². The second kappa shape index (κ2) is 16.7. The van der Waals surface area contributed by atoms with Gasteiger partial charge in [-0.15, -0.1) is 0 Å². The molecule has 37 heavy (non-hydrogen) atoms. The maximum atomic E-state index is 11.8. The second-order valence-electron chi connectivity index (χ2n) is 11.8. The van der Waals surface area contributed by atoms with Gasteiger partial charge in [-0.1, -0.05) is 84.3 Å². The minimum Gasteiger partial charge on any atom is -0.426 e. The molecule has 0 saturated carbocycles. The number of hydrogen-bond acceptors (Lipinski definition) is 4. The first-order valence-corrected chi connectivity index (χ1v) is 14.5. The first-order valence-electron chi connectivity index (χ1n) is 14.5. The molecule has 0 spiro atoms. The van der Waals surface area contributed by atoms with Crippen molar-refractivity contribution in [1.29, 1.82) is 0 Å². The van der Waals surface area contributed by atoms with Crippen molar-refractivity contribution in [3.05, 3.63) is 33.9 Å². The number of esters is 2. The van der Waals surface area contributed by atoms with Crippen molar-refractivity contribution in [3.8, 4) is 11.5 Å². The molecule has 210 valence electrons. The maximum Gasteiger partial charge on any atom is 0.308 e. The van der Waals surface area contributed by atoms with E-state index in [1.165, 1.54) is 70.8 Å². The van der Waals surface area contributed by atoms with E-state index in [9.17, 15) is 9.59 Å². The Balaban J connectivity index is 2.67. The summed E-state index contributed by atoms with van der Waals surface area (Å²) < 4.78 is 11.2. The third kappa shape index (κ3) is 12.3. The minimum atomic E-state index is -0.349. The molecule has 1 aromatic carbocycles. The van der Waals surface area contributed by atoms with Crippen LogP contribution in [0.2, 0.25) is 0 Å². The molecule has 0 aliphatic carbocycles. The van der Waals surface area contributed by atoms with E-state index >= 15 is 0 Å². The highest BCUT2D eigenvalue weighted by molar-refractivity contribution is 5.74. The van der Waals surface area contributed by atoms with Gasteiger partial charge >= 0.3 is 11.9 Å². The summed E-state index contributed by atoms with van der Waals surface area (Å²) in [7, 11) is 0. The molecule has 4 heteroatoms. The normalized spacial score (nSPS) is 13.5. The van der Waals surface area contributed by atoms with Crippen molar-refractivity contribution in [2.24, 2.45) is 17.8 Å². The predicted octanol–water partition coefficient (Wildman–Crippen LogP) is 9.39. The Morgan fingerprint density at radius 2 is 1.14 bits per heavy atom. The molecule has 0 amide bonds. The molecule has 1 rings (SSSR count).